The molecule has 0 saturated heterocycles. The van der Waals surface area contributed by atoms with Crippen LogP contribution in [0.15, 0.2) is 36.4 Å². The number of aliphatic hydroxyl groups is 2. The molecular formula is C45H52O6. The lowest BCUT2D eigenvalue weighted by molar-refractivity contribution is -0.136. The van der Waals surface area contributed by atoms with E-state index in [0.29, 0.717) is 66.3 Å². The second-order valence-electron chi connectivity index (χ2n) is 17.4. The number of aryl methyl sites for hydroxylation is 2. The SMILES string of the molecule is C#CC1(O)CCC2C3CCc4cc(OC(=O)CCCC(=O)Oc5ccc6c(c5)CCC5C6CCC6(C)C5CCC6(O)C#C)ccc4C3CCC21C. The van der Waals surface area contributed by atoms with E-state index in [2.05, 4.69) is 37.8 Å². The van der Waals surface area contributed by atoms with E-state index < -0.39 is 11.2 Å². The van der Waals surface area contributed by atoms with Crippen LogP contribution in [0.5, 0.6) is 11.5 Å². The molecule has 10 unspecified atom stereocenters. The van der Waals surface area contributed by atoms with Crippen molar-refractivity contribution in [2.75, 3.05) is 0 Å². The zero-order valence-corrected chi connectivity index (χ0v) is 30.2. The molecule has 0 aromatic heterocycles. The summed E-state index contributed by atoms with van der Waals surface area (Å²) in [5.74, 6) is 8.69. The van der Waals surface area contributed by atoms with Crippen molar-refractivity contribution in [3.05, 3.63) is 58.7 Å². The van der Waals surface area contributed by atoms with Gasteiger partial charge in [0.2, 0.25) is 0 Å². The van der Waals surface area contributed by atoms with Crippen molar-refractivity contribution >= 4 is 11.9 Å². The summed E-state index contributed by atoms with van der Waals surface area (Å²) in [6.07, 6.45) is 23.4. The summed E-state index contributed by atoms with van der Waals surface area (Å²) in [6.45, 7) is 4.40. The fourth-order valence-corrected chi connectivity index (χ4v) is 12.5. The maximum atomic E-state index is 12.8. The van der Waals surface area contributed by atoms with Crippen LogP contribution in [0.3, 0.4) is 0 Å². The Labute approximate surface area is 303 Å². The van der Waals surface area contributed by atoms with Crippen LogP contribution in [0.4, 0.5) is 0 Å². The molecule has 2 aromatic rings. The molecule has 51 heavy (non-hydrogen) atoms. The van der Waals surface area contributed by atoms with E-state index in [1.807, 2.05) is 24.3 Å². The van der Waals surface area contributed by atoms with Crippen LogP contribution in [0.2, 0.25) is 0 Å². The van der Waals surface area contributed by atoms with E-state index >= 15 is 0 Å². The number of rotatable bonds is 6. The number of hydrogen-bond donors (Lipinski definition) is 2. The first kappa shape index (κ1) is 34.5. The molecule has 0 spiro atoms. The zero-order chi connectivity index (χ0) is 35.8. The molecule has 0 bridgehead atoms. The van der Waals surface area contributed by atoms with Crippen molar-refractivity contribution in [1.29, 1.82) is 0 Å². The molecule has 8 rings (SSSR count). The molecule has 6 heteroatoms. The molecule has 268 valence electrons. The molecule has 6 aliphatic rings. The van der Waals surface area contributed by atoms with E-state index in [0.717, 1.165) is 64.2 Å². The lowest BCUT2D eigenvalue weighted by Gasteiger charge is -2.52. The number of hydrogen-bond acceptors (Lipinski definition) is 6. The van der Waals surface area contributed by atoms with Crippen LogP contribution in [0, 0.1) is 59.2 Å². The van der Waals surface area contributed by atoms with Gasteiger partial charge in [0.15, 0.2) is 0 Å². The normalized spacial score (nSPS) is 38.7. The zero-order valence-electron chi connectivity index (χ0n) is 30.2. The summed E-state index contributed by atoms with van der Waals surface area (Å²) in [4.78, 5) is 25.6. The summed E-state index contributed by atoms with van der Waals surface area (Å²) in [5.41, 5.74) is 2.74. The van der Waals surface area contributed by atoms with E-state index in [4.69, 9.17) is 22.3 Å². The predicted molar refractivity (Wildman–Crippen MR) is 195 cm³/mol. The molecular weight excluding hydrogens is 636 g/mol. The molecule has 2 aromatic carbocycles. The highest BCUT2D eigenvalue weighted by Gasteiger charge is 2.62. The Bertz CT molecular complexity index is 1700. The molecule has 0 heterocycles. The number of benzene rings is 2. The van der Waals surface area contributed by atoms with Crippen molar-refractivity contribution in [3.8, 4) is 36.2 Å². The molecule has 0 radical (unpaired) electrons. The Kier molecular flexibility index (Phi) is 8.48. The minimum absolute atomic E-state index is 0.136. The van der Waals surface area contributed by atoms with Gasteiger partial charge in [0, 0.05) is 23.7 Å². The van der Waals surface area contributed by atoms with E-state index in [-0.39, 0.29) is 35.6 Å². The molecule has 2 N–H and O–H groups in total. The first-order chi connectivity index (χ1) is 24.4. The summed E-state index contributed by atoms with van der Waals surface area (Å²) < 4.78 is 11.5. The Balaban J connectivity index is 0.822. The first-order valence-electron chi connectivity index (χ1n) is 19.5. The van der Waals surface area contributed by atoms with Gasteiger partial charge < -0.3 is 19.7 Å². The minimum Gasteiger partial charge on any atom is -0.427 e. The lowest BCUT2D eigenvalue weighted by atomic mass is 9.53. The average molecular weight is 689 g/mol. The van der Waals surface area contributed by atoms with Gasteiger partial charge in [-0.2, -0.15) is 0 Å². The Morgan fingerprint density at radius 2 is 1.12 bits per heavy atom. The lowest BCUT2D eigenvalue weighted by Crippen LogP contribution is -2.50. The molecule has 10 atom stereocenters. The fraction of sp³-hybridized carbons (Fsp3) is 0.600. The van der Waals surface area contributed by atoms with Gasteiger partial charge in [0.25, 0.3) is 0 Å². The third-order valence-electron chi connectivity index (χ3n) is 15.4. The Morgan fingerprint density at radius 3 is 1.53 bits per heavy atom. The van der Waals surface area contributed by atoms with Crippen LogP contribution in [-0.2, 0) is 22.4 Å². The minimum atomic E-state index is -1.00. The maximum absolute atomic E-state index is 12.8. The smallest absolute Gasteiger partial charge is 0.311 e. The second-order valence-corrected chi connectivity index (χ2v) is 17.4. The molecule has 4 fully saturated rings. The van der Waals surface area contributed by atoms with Crippen LogP contribution >= 0.6 is 0 Å². The van der Waals surface area contributed by atoms with Crippen LogP contribution in [-0.4, -0.2) is 33.4 Å². The summed E-state index contributed by atoms with van der Waals surface area (Å²) in [5, 5.41) is 22.4. The Hall–Kier alpha value is -3.58. The van der Waals surface area contributed by atoms with Crippen LogP contribution in [0.25, 0.3) is 0 Å². The van der Waals surface area contributed by atoms with Crippen molar-refractivity contribution in [3.63, 3.8) is 0 Å². The van der Waals surface area contributed by atoms with Crippen LogP contribution < -0.4 is 9.47 Å². The number of ether oxygens (including phenoxy) is 2. The summed E-state index contributed by atoms with van der Waals surface area (Å²) in [6, 6.07) is 12.1. The van der Waals surface area contributed by atoms with Gasteiger partial charge in [-0.25, -0.2) is 0 Å². The van der Waals surface area contributed by atoms with E-state index in [1.54, 1.807) is 0 Å². The first-order valence-corrected chi connectivity index (χ1v) is 19.5. The standard InChI is InChI=1S/C45H52O6/c1-5-44(48)24-20-38-36-14-10-28-26-30(12-16-32(28)34(36)18-22-42(38,44)3)50-40(46)8-7-9-41(47)51-31-13-17-33-29(27-31)11-15-37-35(33)19-23-43(4)39(37)21-25-45(43,49)6-2/h1-2,12-13,16-17,26-27,34-39,48-49H,7-11,14-15,18-25H2,3-4H3. The van der Waals surface area contributed by atoms with Gasteiger partial charge in [-0.3, -0.25) is 9.59 Å². The molecule has 6 nitrogen and oxygen atoms in total. The van der Waals surface area contributed by atoms with Gasteiger partial charge >= 0.3 is 11.9 Å². The number of fused-ring (bicyclic) bond motifs is 10. The largest absolute Gasteiger partial charge is 0.427 e. The highest BCUT2D eigenvalue weighted by molar-refractivity contribution is 5.75. The highest BCUT2D eigenvalue weighted by atomic mass is 16.5. The number of carbonyl (C=O) groups is 2. The van der Waals surface area contributed by atoms with Crippen LogP contribution in [0.1, 0.15) is 131 Å². The second kappa shape index (κ2) is 12.5. The van der Waals surface area contributed by atoms with Crippen molar-refractivity contribution in [2.45, 2.75) is 133 Å². The summed E-state index contributed by atoms with van der Waals surface area (Å²) in [7, 11) is 0. The van der Waals surface area contributed by atoms with Gasteiger partial charge in [-0.1, -0.05) is 37.8 Å². The van der Waals surface area contributed by atoms with E-state index in [1.165, 1.54) is 22.3 Å². The molecule has 6 aliphatic carbocycles. The number of carbonyl (C=O) groups excluding carboxylic acids is 2. The van der Waals surface area contributed by atoms with Gasteiger partial charge in [0.1, 0.15) is 22.7 Å². The maximum Gasteiger partial charge on any atom is 0.311 e. The monoisotopic (exact) mass is 688 g/mol. The van der Waals surface area contributed by atoms with E-state index in [9.17, 15) is 19.8 Å². The topological polar surface area (TPSA) is 93.1 Å². The predicted octanol–water partition coefficient (Wildman–Crippen LogP) is 7.81. The third-order valence-corrected chi connectivity index (χ3v) is 15.4. The third kappa shape index (κ3) is 5.38. The number of esters is 2. The van der Waals surface area contributed by atoms with Crippen molar-refractivity contribution in [2.24, 2.45) is 34.5 Å². The van der Waals surface area contributed by atoms with Gasteiger partial charge in [-0.15, -0.1) is 12.8 Å². The summed E-state index contributed by atoms with van der Waals surface area (Å²) >= 11 is 0. The molecule has 0 aliphatic heterocycles. The average Bonchev–Trinajstić information content (AvgIpc) is 3.56. The molecule has 4 saturated carbocycles. The van der Waals surface area contributed by atoms with Crippen molar-refractivity contribution in [1.82, 2.24) is 0 Å². The Morgan fingerprint density at radius 1 is 0.686 bits per heavy atom. The fourth-order valence-electron chi connectivity index (χ4n) is 12.5. The quantitative estimate of drug-likeness (QED) is 0.183. The van der Waals surface area contributed by atoms with Gasteiger partial charge in [-0.05, 0) is 165 Å². The van der Waals surface area contributed by atoms with Gasteiger partial charge in [0.05, 0.1) is 0 Å². The number of terminal acetylenes is 2. The molecule has 0 amide bonds. The van der Waals surface area contributed by atoms with Crippen molar-refractivity contribution < 1.29 is 29.3 Å². The highest BCUT2D eigenvalue weighted by Crippen LogP contribution is 2.65.